The molecule has 1 aliphatic rings. The Morgan fingerprint density at radius 3 is 2.71 bits per heavy atom. The molecule has 0 fully saturated rings. The van der Waals surface area contributed by atoms with Gasteiger partial charge in [-0.15, -0.1) is 0 Å². The molecular weight excluding hydrogens is 366 g/mol. The van der Waals surface area contributed by atoms with E-state index in [-0.39, 0.29) is 17.6 Å². The Kier molecular flexibility index (Phi) is 5.06. The Morgan fingerprint density at radius 1 is 1.36 bits per heavy atom. The van der Waals surface area contributed by atoms with Crippen LogP contribution in [0.4, 0.5) is 0 Å². The molecule has 1 amide bonds. The molecule has 0 spiro atoms. The van der Waals surface area contributed by atoms with Crippen LogP contribution in [0.25, 0.3) is 11.0 Å². The van der Waals surface area contributed by atoms with E-state index < -0.39 is 24.0 Å². The third-order valence-electron chi connectivity index (χ3n) is 4.93. The van der Waals surface area contributed by atoms with Gasteiger partial charge in [-0.3, -0.25) is 9.59 Å². The molecule has 8 nitrogen and oxygen atoms in total. The van der Waals surface area contributed by atoms with Gasteiger partial charge in [-0.1, -0.05) is 0 Å². The molecule has 0 atom stereocenters. The standard InChI is InChI=1S/C20H23NO7/c1-10-12(7-15(22)21-9-16(23)24)19(25)27-18-11-5-6-20(2,3)28-13(11)8-14(26-4)17(10)18/h8H,5-7,9H2,1-4H3,(H,21,22)(H,23,24). The smallest absolute Gasteiger partial charge is 0.340 e. The number of amides is 1. The molecule has 2 aromatic rings. The number of methoxy groups -OCH3 is 1. The molecule has 0 saturated carbocycles. The van der Waals surface area contributed by atoms with E-state index >= 15 is 0 Å². The van der Waals surface area contributed by atoms with Crippen molar-refractivity contribution in [3.8, 4) is 11.5 Å². The fourth-order valence-corrected chi connectivity index (χ4v) is 3.44. The molecule has 1 aromatic carbocycles. The largest absolute Gasteiger partial charge is 0.496 e. The van der Waals surface area contributed by atoms with Gasteiger partial charge < -0.3 is 24.3 Å². The highest BCUT2D eigenvalue weighted by atomic mass is 16.5. The van der Waals surface area contributed by atoms with Crippen molar-refractivity contribution >= 4 is 22.8 Å². The van der Waals surface area contributed by atoms with Crippen molar-refractivity contribution in [2.24, 2.45) is 0 Å². The lowest BCUT2D eigenvalue weighted by Gasteiger charge is -2.33. The van der Waals surface area contributed by atoms with Crippen LogP contribution >= 0.6 is 0 Å². The number of ether oxygens (including phenoxy) is 2. The number of rotatable bonds is 5. The number of carboxylic acid groups (broad SMARTS) is 1. The summed E-state index contributed by atoms with van der Waals surface area (Å²) in [5, 5.41) is 11.5. The molecule has 0 unspecified atom stereocenters. The maximum atomic E-state index is 12.6. The Morgan fingerprint density at radius 2 is 2.07 bits per heavy atom. The SMILES string of the molecule is COc1cc2c(c3oc(=O)c(CC(=O)NCC(=O)O)c(C)c13)CCC(C)(C)O2. The summed E-state index contributed by atoms with van der Waals surface area (Å²) in [5.74, 6) is -0.624. The van der Waals surface area contributed by atoms with Crippen molar-refractivity contribution in [1.29, 1.82) is 0 Å². The third-order valence-corrected chi connectivity index (χ3v) is 4.93. The van der Waals surface area contributed by atoms with Gasteiger partial charge in [0.05, 0.1) is 24.5 Å². The third kappa shape index (κ3) is 3.67. The summed E-state index contributed by atoms with van der Waals surface area (Å²) in [6.45, 7) is 5.20. The highest BCUT2D eigenvalue weighted by Gasteiger charge is 2.31. The summed E-state index contributed by atoms with van der Waals surface area (Å²) in [6, 6.07) is 1.78. The Hall–Kier alpha value is -3.03. The van der Waals surface area contributed by atoms with Gasteiger partial charge in [0.15, 0.2) is 0 Å². The first-order valence-corrected chi connectivity index (χ1v) is 8.96. The Balaban J connectivity index is 2.12. The van der Waals surface area contributed by atoms with Crippen LogP contribution in [0.1, 0.15) is 37.0 Å². The zero-order valence-corrected chi connectivity index (χ0v) is 16.3. The number of carboxylic acids is 1. The number of nitrogens with one attached hydrogen (secondary N) is 1. The number of carbonyl (C=O) groups is 2. The van der Waals surface area contributed by atoms with Crippen molar-refractivity contribution in [2.45, 2.75) is 45.6 Å². The summed E-state index contributed by atoms with van der Waals surface area (Å²) in [7, 11) is 1.51. The van der Waals surface area contributed by atoms with Crippen molar-refractivity contribution in [1.82, 2.24) is 5.32 Å². The molecule has 0 saturated heterocycles. The van der Waals surface area contributed by atoms with Crippen LogP contribution in [-0.4, -0.2) is 36.2 Å². The molecule has 2 N–H and O–H groups in total. The molecular formula is C20H23NO7. The van der Waals surface area contributed by atoms with Crippen LogP contribution in [0.5, 0.6) is 11.5 Å². The van der Waals surface area contributed by atoms with E-state index in [2.05, 4.69) is 5.32 Å². The van der Waals surface area contributed by atoms with Crippen molar-refractivity contribution in [2.75, 3.05) is 13.7 Å². The Bertz CT molecular complexity index is 1020. The second-order valence-electron chi connectivity index (χ2n) is 7.46. The van der Waals surface area contributed by atoms with Crippen molar-refractivity contribution in [3.63, 3.8) is 0 Å². The van der Waals surface area contributed by atoms with E-state index in [0.29, 0.717) is 34.5 Å². The van der Waals surface area contributed by atoms with E-state index in [1.54, 1.807) is 13.0 Å². The first-order valence-electron chi connectivity index (χ1n) is 8.96. The summed E-state index contributed by atoms with van der Waals surface area (Å²) >= 11 is 0. The first-order chi connectivity index (χ1) is 13.1. The zero-order valence-electron chi connectivity index (χ0n) is 16.3. The van der Waals surface area contributed by atoms with Gasteiger partial charge in [0.25, 0.3) is 0 Å². The van der Waals surface area contributed by atoms with Gasteiger partial charge in [0.2, 0.25) is 5.91 Å². The maximum Gasteiger partial charge on any atom is 0.340 e. The normalized spacial score (nSPS) is 14.9. The maximum absolute atomic E-state index is 12.6. The minimum atomic E-state index is -1.16. The fourth-order valence-electron chi connectivity index (χ4n) is 3.44. The number of aryl methyl sites for hydroxylation is 2. The first kappa shape index (κ1) is 19.7. The number of hydrogen-bond donors (Lipinski definition) is 2. The zero-order chi connectivity index (χ0) is 20.6. The molecule has 28 heavy (non-hydrogen) atoms. The number of benzene rings is 1. The second-order valence-corrected chi connectivity index (χ2v) is 7.46. The molecule has 2 heterocycles. The predicted molar refractivity (Wildman–Crippen MR) is 101 cm³/mol. The number of carbonyl (C=O) groups excluding carboxylic acids is 1. The monoisotopic (exact) mass is 389 g/mol. The fraction of sp³-hybridized carbons (Fsp3) is 0.450. The van der Waals surface area contributed by atoms with Crippen molar-refractivity contribution in [3.05, 3.63) is 33.2 Å². The topological polar surface area (TPSA) is 115 Å². The number of fused-ring (bicyclic) bond motifs is 3. The van der Waals surface area contributed by atoms with E-state index in [0.717, 1.165) is 12.0 Å². The second kappa shape index (κ2) is 7.18. The molecule has 8 heteroatoms. The highest BCUT2D eigenvalue weighted by Crippen LogP contribution is 2.43. The van der Waals surface area contributed by atoms with Crippen LogP contribution in [0.3, 0.4) is 0 Å². The van der Waals surface area contributed by atoms with Gasteiger partial charge in [-0.05, 0) is 39.2 Å². The van der Waals surface area contributed by atoms with Crippen LogP contribution in [-0.2, 0) is 22.4 Å². The minimum absolute atomic E-state index is 0.172. The van der Waals surface area contributed by atoms with Gasteiger partial charge in [-0.25, -0.2) is 4.79 Å². The van der Waals surface area contributed by atoms with Gasteiger partial charge in [0.1, 0.15) is 29.2 Å². The van der Waals surface area contributed by atoms with E-state index in [1.165, 1.54) is 7.11 Å². The molecule has 0 bridgehead atoms. The quantitative estimate of drug-likeness (QED) is 0.751. The van der Waals surface area contributed by atoms with Crippen LogP contribution < -0.4 is 20.4 Å². The summed E-state index contributed by atoms with van der Waals surface area (Å²) in [5.41, 5.74) is 0.991. The number of aliphatic carboxylic acids is 1. The predicted octanol–water partition coefficient (Wildman–Crippen LogP) is 1.96. The average molecular weight is 389 g/mol. The van der Waals surface area contributed by atoms with Gasteiger partial charge in [0, 0.05) is 11.6 Å². The summed E-state index contributed by atoms with van der Waals surface area (Å²) in [6.07, 6.45) is 1.17. The lowest BCUT2D eigenvalue weighted by Crippen LogP contribution is -2.33. The van der Waals surface area contributed by atoms with Crippen molar-refractivity contribution < 1.29 is 28.6 Å². The van der Waals surface area contributed by atoms with Crippen LogP contribution in [0.15, 0.2) is 15.3 Å². The highest BCUT2D eigenvalue weighted by molar-refractivity contribution is 5.93. The minimum Gasteiger partial charge on any atom is -0.496 e. The molecule has 0 aliphatic carbocycles. The van der Waals surface area contributed by atoms with E-state index in [9.17, 15) is 14.4 Å². The molecule has 3 rings (SSSR count). The van der Waals surface area contributed by atoms with Crippen LogP contribution in [0, 0.1) is 6.92 Å². The summed E-state index contributed by atoms with van der Waals surface area (Å²) in [4.78, 5) is 35.2. The lowest BCUT2D eigenvalue weighted by molar-refractivity contribution is -0.137. The van der Waals surface area contributed by atoms with E-state index in [1.807, 2.05) is 13.8 Å². The van der Waals surface area contributed by atoms with Gasteiger partial charge >= 0.3 is 11.6 Å². The average Bonchev–Trinajstić information content (AvgIpc) is 2.61. The van der Waals surface area contributed by atoms with E-state index in [4.69, 9.17) is 19.0 Å². The Labute approximate surface area is 161 Å². The van der Waals surface area contributed by atoms with Crippen LogP contribution in [0.2, 0.25) is 0 Å². The number of hydrogen-bond acceptors (Lipinski definition) is 6. The molecule has 150 valence electrons. The molecule has 1 aliphatic heterocycles. The molecule has 0 radical (unpaired) electrons. The molecule has 1 aromatic heterocycles. The summed E-state index contributed by atoms with van der Waals surface area (Å²) < 4.78 is 17.1. The lowest BCUT2D eigenvalue weighted by atomic mass is 9.91. The van der Waals surface area contributed by atoms with Gasteiger partial charge in [-0.2, -0.15) is 0 Å².